The highest BCUT2D eigenvalue weighted by Crippen LogP contribution is 2.31. The van der Waals surface area contributed by atoms with Crippen LogP contribution in [0, 0.1) is 0 Å². The van der Waals surface area contributed by atoms with Crippen molar-refractivity contribution >= 4 is 28.5 Å². The number of aromatic nitrogens is 5. The van der Waals surface area contributed by atoms with Crippen molar-refractivity contribution in [2.75, 3.05) is 0 Å². The van der Waals surface area contributed by atoms with Crippen molar-refractivity contribution in [2.45, 2.75) is 38.9 Å². The van der Waals surface area contributed by atoms with Crippen molar-refractivity contribution in [1.29, 1.82) is 0 Å². The number of fused-ring (bicyclic) bond motifs is 1. The number of nitrogens with zero attached hydrogens (tertiary/aromatic N) is 6. The van der Waals surface area contributed by atoms with Crippen LogP contribution < -0.4 is 0 Å². The van der Waals surface area contributed by atoms with Crippen molar-refractivity contribution in [3.05, 3.63) is 58.9 Å². The van der Waals surface area contributed by atoms with E-state index in [2.05, 4.69) is 20.5 Å². The molecule has 0 unspecified atom stereocenters. The van der Waals surface area contributed by atoms with Gasteiger partial charge in [0.15, 0.2) is 0 Å². The van der Waals surface area contributed by atoms with Crippen molar-refractivity contribution in [3.63, 3.8) is 0 Å². The minimum absolute atomic E-state index is 0.0725. The molecule has 0 radical (unpaired) electrons. The quantitative estimate of drug-likeness (QED) is 0.467. The minimum Gasteiger partial charge on any atom is -0.419 e. The van der Waals surface area contributed by atoms with Gasteiger partial charge < -0.3 is 9.32 Å². The Kier molecular flexibility index (Phi) is 4.71. The zero-order valence-corrected chi connectivity index (χ0v) is 17.1. The maximum Gasteiger partial charge on any atom is 0.254 e. The highest BCUT2D eigenvalue weighted by Gasteiger charge is 2.34. The number of rotatable bonds is 6. The fraction of sp³-hybridized carbons (Fsp3) is 0.286. The highest BCUT2D eigenvalue weighted by molar-refractivity contribution is 6.30. The van der Waals surface area contributed by atoms with Crippen LogP contribution in [0.5, 0.6) is 0 Å². The third-order valence-corrected chi connectivity index (χ3v) is 5.42. The van der Waals surface area contributed by atoms with Gasteiger partial charge in [-0.05, 0) is 62.2 Å². The molecule has 152 valence electrons. The number of carbonyl (C=O) groups excluding carboxylic acids is 1. The summed E-state index contributed by atoms with van der Waals surface area (Å²) < 4.78 is 7.61. The lowest BCUT2D eigenvalue weighted by atomic mass is 10.1. The van der Waals surface area contributed by atoms with E-state index >= 15 is 0 Å². The summed E-state index contributed by atoms with van der Waals surface area (Å²) in [5.74, 6) is 0.734. The topological polar surface area (TPSA) is 89.9 Å². The molecule has 1 fully saturated rings. The van der Waals surface area contributed by atoms with Gasteiger partial charge in [0.25, 0.3) is 5.91 Å². The summed E-state index contributed by atoms with van der Waals surface area (Å²) in [5, 5.41) is 17.2. The Labute approximate surface area is 177 Å². The molecule has 30 heavy (non-hydrogen) atoms. The number of hydrogen-bond donors (Lipinski definition) is 0. The van der Waals surface area contributed by atoms with Gasteiger partial charge in [-0.3, -0.25) is 4.79 Å². The number of amides is 1. The van der Waals surface area contributed by atoms with Gasteiger partial charge in [0, 0.05) is 28.7 Å². The molecule has 0 aliphatic heterocycles. The molecular formula is C21H19ClN6O2. The summed E-state index contributed by atoms with van der Waals surface area (Å²) in [7, 11) is 0. The molecule has 2 aromatic heterocycles. The molecule has 4 aromatic rings. The summed E-state index contributed by atoms with van der Waals surface area (Å²) in [6.07, 6.45) is 1.94. The van der Waals surface area contributed by atoms with Crippen LogP contribution in [-0.2, 0) is 13.1 Å². The van der Waals surface area contributed by atoms with Crippen LogP contribution >= 0.6 is 11.6 Å². The molecule has 2 aromatic carbocycles. The zero-order valence-electron chi connectivity index (χ0n) is 16.3. The van der Waals surface area contributed by atoms with E-state index in [4.69, 9.17) is 16.0 Å². The molecule has 1 aliphatic rings. The molecule has 1 aliphatic carbocycles. The fourth-order valence-corrected chi connectivity index (χ4v) is 3.56. The van der Waals surface area contributed by atoms with Crippen molar-refractivity contribution in [1.82, 2.24) is 30.1 Å². The first-order valence-electron chi connectivity index (χ1n) is 9.85. The number of hydrogen-bond acceptors (Lipinski definition) is 6. The van der Waals surface area contributed by atoms with Crippen LogP contribution in [-0.4, -0.2) is 42.0 Å². The van der Waals surface area contributed by atoms with Crippen LogP contribution in [0.3, 0.4) is 0 Å². The molecule has 0 atom stereocenters. The fourth-order valence-electron chi connectivity index (χ4n) is 3.43. The average Bonchev–Trinajstić information content (AvgIpc) is 3.35. The standard InChI is InChI=1S/C21H19ClN6O2/c1-2-28-18-10-5-14(11-17(18)23-26-28)21(29)27(16-8-9-16)12-19-24-25-20(30-19)13-3-6-15(22)7-4-13/h3-7,10-11,16H,2,8-9,12H2,1H3. The van der Waals surface area contributed by atoms with E-state index in [-0.39, 0.29) is 18.5 Å². The lowest BCUT2D eigenvalue weighted by Gasteiger charge is -2.20. The van der Waals surface area contributed by atoms with Gasteiger partial charge in [-0.15, -0.1) is 15.3 Å². The van der Waals surface area contributed by atoms with Gasteiger partial charge in [-0.1, -0.05) is 16.8 Å². The lowest BCUT2D eigenvalue weighted by Crippen LogP contribution is -2.32. The van der Waals surface area contributed by atoms with Gasteiger partial charge in [0.05, 0.1) is 12.1 Å². The van der Waals surface area contributed by atoms with E-state index in [1.165, 1.54) is 0 Å². The van der Waals surface area contributed by atoms with E-state index in [9.17, 15) is 4.79 Å². The Morgan fingerprint density at radius 2 is 1.97 bits per heavy atom. The first-order valence-corrected chi connectivity index (χ1v) is 10.2. The predicted molar refractivity (Wildman–Crippen MR) is 111 cm³/mol. The van der Waals surface area contributed by atoms with Crippen LogP contribution in [0.2, 0.25) is 5.02 Å². The zero-order chi connectivity index (χ0) is 20.7. The van der Waals surface area contributed by atoms with Crippen LogP contribution in [0.4, 0.5) is 0 Å². The first-order chi connectivity index (χ1) is 14.6. The summed E-state index contributed by atoms with van der Waals surface area (Å²) in [6.45, 7) is 3.00. The molecule has 0 spiro atoms. The summed E-state index contributed by atoms with van der Waals surface area (Å²) in [5.41, 5.74) is 2.99. The largest absolute Gasteiger partial charge is 0.419 e. The van der Waals surface area contributed by atoms with Gasteiger partial charge in [0.2, 0.25) is 11.8 Å². The average molecular weight is 423 g/mol. The number of halogens is 1. The van der Waals surface area contributed by atoms with E-state index < -0.39 is 0 Å². The second-order valence-corrected chi connectivity index (χ2v) is 7.72. The van der Waals surface area contributed by atoms with Gasteiger partial charge in [-0.25, -0.2) is 4.68 Å². The van der Waals surface area contributed by atoms with Gasteiger partial charge in [-0.2, -0.15) is 0 Å². The summed E-state index contributed by atoms with van der Waals surface area (Å²) >= 11 is 5.93. The molecule has 2 heterocycles. The second kappa shape index (κ2) is 7.53. The maximum atomic E-state index is 13.2. The van der Waals surface area contributed by atoms with Crippen molar-refractivity contribution in [3.8, 4) is 11.5 Å². The molecule has 0 N–H and O–H groups in total. The normalized spacial score (nSPS) is 13.7. The SMILES string of the molecule is CCn1nnc2cc(C(=O)N(Cc3nnc(-c4ccc(Cl)cc4)o3)C3CC3)ccc21. The third kappa shape index (κ3) is 3.54. The number of aryl methyl sites for hydroxylation is 1. The molecule has 1 saturated carbocycles. The van der Waals surface area contributed by atoms with Crippen LogP contribution in [0.25, 0.3) is 22.5 Å². The van der Waals surface area contributed by atoms with E-state index in [1.807, 2.05) is 31.2 Å². The van der Waals surface area contributed by atoms with Crippen LogP contribution in [0.15, 0.2) is 46.9 Å². The highest BCUT2D eigenvalue weighted by atomic mass is 35.5. The number of carbonyl (C=O) groups is 1. The van der Waals surface area contributed by atoms with Crippen molar-refractivity contribution in [2.24, 2.45) is 0 Å². The predicted octanol–water partition coefficient (Wildman–Crippen LogP) is 3.96. The molecule has 0 bridgehead atoms. The van der Waals surface area contributed by atoms with Gasteiger partial charge >= 0.3 is 0 Å². The molecule has 0 saturated heterocycles. The molecule has 9 heteroatoms. The van der Waals surface area contributed by atoms with Crippen molar-refractivity contribution < 1.29 is 9.21 Å². The lowest BCUT2D eigenvalue weighted by molar-refractivity contribution is 0.0714. The number of benzene rings is 2. The Morgan fingerprint density at radius 1 is 1.17 bits per heavy atom. The Balaban J connectivity index is 1.38. The summed E-state index contributed by atoms with van der Waals surface area (Å²) in [6, 6.07) is 12.9. The molecule has 8 nitrogen and oxygen atoms in total. The first kappa shape index (κ1) is 18.7. The molecule has 5 rings (SSSR count). The Hall–Kier alpha value is -3.26. The van der Waals surface area contributed by atoms with E-state index in [1.54, 1.807) is 27.8 Å². The monoisotopic (exact) mass is 422 g/mol. The minimum atomic E-state index is -0.0725. The summed E-state index contributed by atoms with van der Waals surface area (Å²) in [4.78, 5) is 15.0. The third-order valence-electron chi connectivity index (χ3n) is 5.17. The maximum absolute atomic E-state index is 13.2. The second-order valence-electron chi connectivity index (χ2n) is 7.28. The molecular weight excluding hydrogens is 404 g/mol. The Morgan fingerprint density at radius 3 is 2.70 bits per heavy atom. The van der Waals surface area contributed by atoms with Gasteiger partial charge in [0.1, 0.15) is 5.52 Å². The van der Waals surface area contributed by atoms with E-state index in [0.29, 0.717) is 27.9 Å². The Bertz CT molecular complexity index is 1210. The molecule has 1 amide bonds. The van der Waals surface area contributed by atoms with E-state index in [0.717, 1.165) is 30.5 Å². The van der Waals surface area contributed by atoms with Crippen LogP contribution in [0.1, 0.15) is 36.0 Å². The smallest absolute Gasteiger partial charge is 0.254 e.